The minimum Gasteiger partial charge on any atom is -0.450 e. The molecule has 2 heterocycles. The Morgan fingerprint density at radius 3 is 2.76 bits per heavy atom. The maximum absolute atomic E-state index is 12.3. The van der Waals surface area contributed by atoms with E-state index in [-0.39, 0.29) is 18.2 Å². The van der Waals surface area contributed by atoms with E-state index in [1.807, 2.05) is 30.3 Å². The molecule has 0 radical (unpaired) electrons. The van der Waals surface area contributed by atoms with Crippen molar-refractivity contribution in [3.05, 3.63) is 36.5 Å². The molecule has 1 aromatic heterocycles. The van der Waals surface area contributed by atoms with E-state index in [9.17, 15) is 9.59 Å². The van der Waals surface area contributed by atoms with Gasteiger partial charge in [-0.15, -0.1) is 0 Å². The zero-order valence-electron chi connectivity index (χ0n) is 14.2. The number of pyridine rings is 1. The lowest BCUT2D eigenvalue weighted by molar-refractivity contribution is 0.0959. The molecule has 0 bridgehead atoms. The van der Waals surface area contributed by atoms with Crippen molar-refractivity contribution >= 4 is 28.7 Å². The second kappa shape index (κ2) is 7.83. The third-order valence-corrected chi connectivity index (χ3v) is 4.24. The first kappa shape index (κ1) is 17.0. The second-order valence-electron chi connectivity index (χ2n) is 5.94. The van der Waals surface area contributed by atoms with Crippen molar-refractivity contribution in [1.29, 1.82) is 0 Å². The van der Waals surface area contributed by atoms with Crippen LogP contribution in [0.4, 0.5) is 15.3 Å². The number of anilines is 1. The fourth-order valence-corrected chi connectivity index (χ4v) is 2.97. The van der Waals surface area contributed by atoms with Crippen molar-refractivity contribution in [2.75, 3.05) is 25.0 Å². The van der Waals surface area contributed by atoms with E-state index in [1.165, 1.54) is 0 Å². The van der Waals surface area contributed by atoms with Crippen LogP contribution in [0.5, 0.6) is 0 Å². The maximum Gasteiger partial charge on any atom is 0.409 e. The standard InChI is InChI=1S/C18H22N4O3/c1-2-25-18(24)22-11-8-14(9-12-22)20-17(23)21-15-7-3-5-13-6-4-10-19-16(13)15/h3-7,10,14H,2,8-9,11-12H2,1H3,(H2,20,21,23). The Morgan fingerprint density at radius 1 is 1.24 bits per heavy atom. The molecule has 7 heteroatoms. The molecule has 1 saturated heterocycles. The molecule has 0 atom stereocenters. The van der Waals surface area contributed by atoms with Crippen LogP contribution in [-0.4, -0.2) is 47.7 Å². The van der Waals surface area contributed by atoms with Crippen LogP contribution >= 0.6 is 0 Å². The minimum atomic E-state index is -0.285. The molecule has 7 nitrogen and oxygen atoms in total. The Balaban J connectivity index is 1.54. The van der Waals surface area contributed by atoms with E-state index >= 15 is 0 Å². The third kappa shape index (κ3) is 4.17. The number of piperidine rings is 1. The van der Waals surface area contributed by atoms with Crippen LogP contribution in [-0.2, 0) is 4.74 Å². The summed E-state index contributed by atoms with van der Waals surface area (Å²) in [7, 11) is 0. The van der Waals surface area contributed by atoms with Gasteiger partial charge in [-0.2, -0.15) is 0 Å². The van der Waals surface area contributed by atoms with Gasteiger partial charge < -0.3 is 20.3 Å². The molecular weight excluding hydrogens is 320 g/mol. The number of aromatic nitrogens is 1. The fraction of sp³-hybridized carbons (Fsp3) is 0.389. The lowest BCUT2D eigenvalue weighted by Crippen LogP contribution is -2.47. The average molecular weight is 342 g/mol. The summed E-state index contributed by atoms with van der Waals surface area (Å²) < 4.78 is 5.00. The zero-order valence-corrected chi connectivity index (χ0v) is 14.2. The molecule has 3 amide bonds. The number of rotatable bonds is 3. The number of amides is 3. The van der Waals surface area contributed by atoms with Crippen molar-refractivity contribution in [3.8, 4) is 0 Å². The molecule has 3 rings (SSSR count). The van der Waals surface area contributed by atoms with Gasteiger partial charge in [-0.3, -0.25) is 4.98 Å². The number of carbonyl (C=O) groups excluding carboxylic acids is 2. The number of carbonyl (C=O) groups is 2. The number of nitrogens with one attached hydrogen (secondary N) is 2. The first-order chi connectivity index (χ1) is 12.2. The minimum absolute atomic E-state index is 0.0358. The largest absolute Gasteiger partial charge is 0.450 e. The van der Waals surface area contributed by atoms with Crippen LogP contribution in [0.15, 0.2) is 36.5 Å². The molecule has 0 unspecified atom stereocenters. The van der Waals surface area contributed by atoms with Gasteiger partial charge in [0.2, 0.25) is 0 Å². The summed E-state index contributed by atoms with van der Waals surface area (Å²) in [5, 5.41) is 6.81. The first-order valence-electron chi connectivity index (χ1n) is 8.50. The van der Waals surface area contributed by atoms with E-state index in [1.54, 1.807) is 18.0 Å². The number of ether oxygens (including phenoxy) is 1. The van der Waals surface area contributed by atoms with Gasteiger partial charge in [-0.25, -0.2) is 9.59 Å². The van der Waals surface area contributed by atoms with Crippen LogP contribution < -0.4 is 10.6 Å². The van der Waals surface area contributed by atoms with E-state index in [2.05, 4.69) is 15.6 Å². The Kier molecular flexibility index (Phi) is 5.33. The predicted octanol–water partition coefficient (Wildman–Crippen LogP) is 2.98. The van der Waals surface area contributed by atoms with Crippen LogP contribution in [0.2, 0.25) is 0 Å². The lowest BCUT2D eigenvalue weighted by atomic mass is 10.1. The van der Waals surface area contributed by atoms with Gasteiger partial charge in [0.25, 0.3) is 0 Å². The molecule has 0 saturated carbocycles. The highest BCUT2D eigenvalue weighted by Crippen LogP contribution is 2.20. The summed E-state index contributed by atoms with van der Waals surface area (Å²) in [5.74, 6) is 0. The molecule has 0 spiro atoms. The number of nitrogens with zero attached hydrogens (tertiary/aromatic N) is 2. The van der Waals surface area contributed by atoms with Crippen molar-refractivity contribution in [2.24, 2.45) is 0 Å². The molecule has 132 valence electrons. The summed E-state index contributed by atoms with van der Waals surface area (Å²) in [4.78, 5) is 30.0. The van der Waals surface area contributed by atoms with Crippen molar-refractivity contribution < 1.29 is 14.3 Å². The van der Waals surface area contributed by atoms with Crippen LogP contribution in [0.3, 0.4) is 0 Å². The fourth-order valence-electron chi connectivity index (χ4n) is 2.97. The predicted molar refractivity (Wildman–Crippen MR) is 95.5 cm³/mol. The highest BCUT2D eigenvalue weighted by atomic mass is 16.6. The Morgan fingerprint density at radius 2 is 2.00 bits per heavy atom. The highest BCUT2D eigenvalue weighted by molar-refractivity contribution is 5.99. The van der Waals surface area contributed by atoms with Gasteiger partial charge in [-0.05, 0) is 31.9 Å². The van der Waals surface area contributed by atoms with Gasteiger partial charge in [0.1, 0.15) is 0 Å². The molecule has 25 heavy (non-hydrogen) atoms. The number of urea groups is 1. The smallest absolute Gasteiger partial charge is 0.409 e. The molecule has 1 aromatic carbocycles. The van der Waals surface area contributed by atoms with E-state index in [4.69, 9.17) is 4.74 Å². The highest BCUT2D eigenvalue weighted by Gasteiger charge is 2.24. The zero-order chi connectivity index (χ0) is 17.6. The summed E-state index contributed by atoms with van der Waals surface area (Å²) in [5.41, 5.74) is 1.44. The van der Waals surface area contributed by atoms with Crippen molar-refractivity contribution in [1.82, 2.24) is 15.2 Å². The summed E-state index contributed by atoms with van der Waals surface area (Å²) in [6.07, 6.45) is 2.84. The topological polar surface area (TPSA) is 83.6 Å². The second-order valence-corrected chi connectivity index (χ2v) is 5.94. The van der Waals surface area contributed by atoms with Crippen LogP contribution in [0.1, 0.15) is 19.8 Å². The molecule has 1 aliphatic heterocycles. The third-order valence-electron chi connectivity index (χ3n) is 4.24. The maximum atomic E-state index is 12.3. The molecular formula is C18H22N4O3. The first-order valence-corrected chi connectivity index (χ1v) is 8.50. The van der Waals surface area contributed by atoms with Crippen LogP contribution in [0.25, 0.3) is 10.9 Å². The SMILES string of the molecule is CCOC(=O)N1CCC(NC(=O)Nc2cccc3cccnc23)CC1. The number of para-hydroxylation sites is 1. The average Bonchev–Trinajstić information content (AvgIpc) is 2.63. The van der Waals surface area contributed by atoms with Gasteiger partial charge in [0.05, 0.1) is 17.8 Å². The molecule has 1 fully saturated rings. The Bertz CT molecular complexity index is 752. The van der Waals surface area contributed by atoms with Crippen molar-refractivity contribution in [2.45, 2.75) is 25.8 Å². The van der Waals surface area contributed by atoms with E-state index in [0.717, 1.165) is 10.9 Å². The van der Waals surface area contributed by atoms with Crippen molar-refractivity contribution in [3.63, 3.8) is 0 Å². The Hall–Kier alpha value is -2.83. The van der Waals surface area contributed by atoms with Crippen LogP contribution in [0, 0.1) is 0 Å². The number of benzene rings is 1. The number of fused-ring (bicyclic) bond motifs is 1. The monoisotopic (exact) mass is 342 g/mol. The van der Waals surface area contributed by atoms with E-state index < -0.39 is 0 Å². The lowest BCUT2D eigenvalue weighted by Gasteiger charge is -2.31. The summed E-state index contributed by atoms with van der Waals surface area (Å²) >= 11 is 0. The summed E-state index contributed by atoms with van der Waals surface area (Å²) in [6.45, 7) is 3.33. The van der Waals surface area contributed by atoms with Gasteiger partial charge in [-0.1, -0.05) is 18.2 Å². The Labute approximate surface area is 146 Å². The van der Waals surface area contributed by atoms with Gasteiger partial charge in [0.15, 0.2) is 0 Å². The molecule has 2 N–H and O–H groups in total. The quantitative estimate of drug-likeness (QED) is 0.898. The number of hydrogen-bond donors (Lipinski definition) is 2. The molecule has 0 aliphatic carbocycles. The summed E-state index contributed by atoms with van der Waals surface area (Å²) in [6, 6.07) is 9.27. The number of hydrogen-bond acceptors (Lipinski definition) is 4. The molecule has 1 aliphatic rings. The van der Waals surface area contributed by atoms with Gasteiger partial charge >= 0.3 is 12.1 Å². The van der Waals surface area contributed by atoms with E-state index in [0.29, 0.717) is 38.2 Å². The van der Waals surface area contributed by atoms with Gasteiger partial charge in [0, 0.05) is 30.7 Å². The molecule has 2 aromatic rings. The normalized spacial score (nSPS) is 15.0. The number of likely N-dealkylation sites (tertiary alicyclic amines) is 1.